The molecule has 0 atom stereocenters. The van der Waals surface area contributed by atoms with E-state index in [1.807, 2.05) is 0 Å². The first-order chi connectivity index (χ1) is 10.0. The minimum Gasteiger partial charge on any atom is -0.490 e. The van der Waals surface area contributed by atoms with E-state index in [0.29, 0.717) is 5.33 Å². The zero-order valence-corrected chi connectivity index (χ0v) is 13.3. The number of benzene rings is 1. The van der Waals surface area contributed by atoms with Crippen molar-refractivity contribution < 1.29 is 14.5 Å². The number of rotatable bonds is 5. The molecule has 1 aliphatic carbocycles. The van der Waals surface area contributed by atoms with Crippen LogP contribution in [0.5, 0.6) is 5.75 Å². The zero-order valence-electron chi connectivity index (χ0n) is 11.7. The number of nitro benzene ring substituents is 1. The summed E-state index contributed by atoms with van der Waals surface area (Å²) in [4.78, 5) is 22.8. The van der Waals surface area contributed by atoms with Crippen molar-refractivity contribution >= 4 is 27.5 Å². The smallest absolute Gasteiger partial charge is 0.311 e. The molecule has 2 rings (SSSR count). The van der Waals surface area contributed by atoms with Crippen molar-refractivity contribution in [2.45, 2.75) is 31.2 Å². The number of alkyl halides is 1. The van der Waals surface area contributed by atoms with Crippen LogP contribution in [0.2, 0.25) is 0 Å². The summed E-state index contributed by atoms with van der Waals surface area (Å²) >= 11 is 3.45. The Bertz CT molecular complexity index is 556. The fraction of sp³-hybridized carbons (Fsp3) is 0.500. The number of ether oxygens (including phenoxy) is 1. The van der Waals surface area contributed by atoms with Gasteiger partial charge in [0.05, 0.1) is 17.6 Å². The summed E-state index contributed by atoms with van der Waals surface area (Å²) in [6.07, 6.45) is 3.99. The van der Waals surface area contributed by atoms with Gasteiger partial charge in [0.25, 0.3) is 5.91 Å². The van der Waals surface area contributed by atoms with Gasteiger partial charge in [-0.3, -0.25) is 14.9 Å². The maximum absolute atomic E-state index is 12.3. The summed E-state index contributed by atoms with van der Waals surface area (Å²) in [5.41, 5.74) is -0.176. The molecule has 1 saturated carbocycles. The Balaban J connectivity index is 2.23. The third kappa shape index (κ3) is 3.34. The van der Waals surface area contributed by atoms with Crippen LogP contribution in [-0.4, -0.2) is 28.8 Å². The fourth-order valence-corrected chi connectivity index (χ4v) is 3.33. The van der Waals surface area contributed by atoms with Crippen LogP contribution in [0.1, 0.15) is 36.0 Å². The molecule has 0 unspecified atom stereocenters. The number of methoxy groups -OCH3 is 1. The number of nitrogens with one attached hydrogen (secondary N) is 1. The Morgan fingerprint density at radius 3 is 2.67 bits per heavy atom. The van der Waals surface area contributed by atoms with Gasteiger partial charge >= 0.3 is 5.69 Å². The molecule has 1 N–H and O–H groups in total. The van der Waals surface area contributed by atoms with Crippen LogP contribution in [0.3, 0.4) is 0 Å². The molecule has 0 saturated heterocycles. The topological polar surface area (TPSA) is 81.5 Å². The lowest BCUT2D eigenvalue weighted by Crippen LogP contribution is -2.47. The van der Waals surface area contributed by atoms with E-state index in [2.05, 4.69) is 21.2 Å². The van der Waals surface area contributed by atoms with E-state index in [1.54, 1.807) is 0 Å². The van der Waals surface area contributed by atoms with Gasteiger partial charge in [0.15, 0.2) is 5.75 Å². The monoisotopic (exact) mass is 356 g/mol. The van der Waals surface area contributed by atoms with Crippen molar-refractivity contribution in [1.82, 2.24) is 5.32 Å². The van der Waals surface area contributed by atoms with Crippen LogP contribution >= 0.6 is 15.9 Å². The molecule has 114 valence electrons. The van der Waals surface area contributed by atoms with E-state index < -0.39 is 4.92 Å². The molecule has 1 fully saturated rings. The molecular formula is C14H17BrN2O4. The van der Waals surface area contributed by atoms with Gasteiger partial charge in [-0.15, -0.1) is 0 Å². The van der Waals surface area contributed by atoms with Crippen molar-refractivity contribution in [3.05, 3.63) is 33.9 Å². The molecule has 1 aromatic rings. The largest absolute Gasteiger partial charge is 0.490 e. The third-order valence-corrected chi connectivity index (χ3v) is 4.91. The minimum absolute atomic E-state index is 0.146. The summed E-state index contributed by atoms with van der Waals surface area (Å²) in [6.45, 7) is 0. The highest BCUT2D eigenvalue weighted by Crippen LogP contribution is 2.32. The second-order valence-corrected chi connectivity index (χ2v) is 5.78. The van der Waals surface area contributed by atoms with Crippen LogP contribution in [0.15, 0.2) is 18.2 Å². The van der Waals surface area contributed by atoms with E-state index in [-0.39, 0.29) is 28.4 Å². The van der Waals surface area contributed by atoms with Crippen LogP contribution < -0.4 is 10.1 Å². The van der Waals surface area contributed by atoms with Gasteiger partial charge in [0.1, 0.15) is 0 Å². The molecule has 0 heterocycles. The summed E-state index contributed by atoms with van der Waals surface area (Å²) in [6, 6.07) is 4.24. The zero-order chi connectivity index (χ0) is 15.5. The second kappa shape index (κ2) is 6.43. The van der Waals surface area contributed by atoms with Crippen LogP contribution in [0.4, 0.5) is 5.69 Å². The summed E-state index contributed by atoms with van der Waals surface area (Å²) in [5.74, 6) is -0.144. The molecular weight excluding hydrogens is 340 g/mol. The van der Waals surface area contributed by atoms with E-state index in [0.717, 1.165) is 25.7 Å². The van der Waals surface area contributed by atoms with Crippen molar-refractivity contribution in [3.8, 4) is 5.75 Å². The Labute approximate surface area is 131 Å². The highest BCUT2D eigenvalue weighted by Gasteiger charge is 2.34. The summed E-state index contributed by atoms with van der Waals surface area (Å²) < 4.78 is 4.93. The quantitative estimate of drug-likeness (QED) is 0.499. The number of carbonyl (C=O) groups is 1. The number of nitro groups is 1. The minimum atomic E-state index is -0.550. The molecule has 0 bridgehead atoms. The predicted molar refractivity (Wildman–Crippen MR) is 82.1 cm³/mol. The van der Waals surface area contributed by atoms with Gasteiger partial charge in [-0.2, -0.15) is 0 Å². The Hall–Kier alpha value is -1.63. The molecule has 0 aliphatic heterocycles. The molecule has 1 aromatic carbocycles. The highest BCUT2D eigenvalue weighted by atomic mass is 79.9. The molecule has 1 amide bonds. The molecule has 0 radical (unpaired) electrons. The van der Waals surface area contributed by atoms with Crippen LogP contribution in [-0.2, 0) is 0 Å². The fourth-order valence-electron chi connectivity index (χ4n) is 2.63. The van der Waals surface area contributed by atoms with E-state index in [1.165, 1.54) is 25.3 Å². The summed E-state index contributed by atoms with van der Waals surface area (Å²) in [5, 5.41) is 14.7. The maximum atomic E-state index is 12.3. The Morgan fingerprint density at radius 2 is 2.14 bits per heavy atom. The molecule has 21 heavy (non-hydrogen) atoms. The van der Waals surface area contributed by atoms with Crippen LogP contribution in [0.25, 0.3) is 0 Å². The average Bonchev–Trinajstić information content (AvgIpc) is 2.95. The number of carbonyl (C=O) groups excluding carboxylic acids is 1. The van der Waals surface area contributed by atoms with Gasteiger partial charge in [-0.25, -0.2) is 0 Å². The lowest BCUT2D eigenvalue weighted by molar-refractivity contribution is -0.385. The number of halogens is 1. The average molecular weight is 357 g/mol. The van der Waals surface area contributed by atoms with E-state index in [9.17, 15) is 14.9 Å². The Morgan fingerprint density at radius 1 is 1.48 bits per heavy atom. The standard InChI is InChI=1S/C14H17BrN2O4/c1-21-12-5-4-10(8-11(12)17(19)20)13(18)16-14(9-15)6-2-3-7-14/h4-5,8H,2-3,6-7,9H2,1H3,(H,16,18). The van der Waals surface area contributed by atoms with Gasteiger partial charge in [0, 0.05) is 17.0 Å². The van der Waals surface area contributed by atoms with Gasteiger partial charge in [-0.05, 0) is 25.0 Å². The number of nitrogens with zero attached hydrogens (tertiary/aromatic N) is 1. The van der Waals surface area contributed by atoms with Gasteiger partial charge in [-0.1, -0.05) is 28.8 Å². The van der Waals surface area contributed by atoms with Crippen molar-refractivity contribution in [2.75, 3.05) is 12.4 Å². The lowest BCUT2D eigenvalue weighted by atomic mass is 10.00. The normalized spacial score (nSPS) is 16.5. The van der Waals surface area contributed by atoms with E-state index in [4.69, 9.17) is 4.74 Å². The van der Waals surface area contributed by atoms with Crippen LogP contribution in [0, 0.1) is 10.1 Å². The molecule has 6 nitrogen and oxygen atoms in total. The number of hydrogen-bond acceptors (Lipinski definition) is 4. The van der Waals surface area contributed by atoms with Crippen molar-refractivity contribution in [1.29, 1.82) is 0 Å². The van der Waals surface area contributed by atoms with Crippen molar-refractivity contribution in [3.63, 3.8) is 0 Å². The molecule has 0 aromatic heterocycles. The predicted octanol–water partition coefficient (Wildman–Crippen LogP) is 3.04. The van der Waals surface area contributed by atoms with Gasteiger partial charge in [0.2, 0.25) is 0 Å². The second-order valence-electron chi connectivity index (χ2n) is 5.22. The summed E-state index contributed by atoms with van der Waals surface area (Å²) in [7, 11) is 1.36. The number of hydrogen-bond donors (Lipinski definition) is 1. The third-order valence-electron chi connectivity index (χ3n) is 3.83. The first kappa shape index (κ1) is 15.8. The maximum Gasteiger partial charge on any atom is 0.311 e. The molecule has 1 aliphatic rings. The molecule has 0 spiro atoms. The Kier molecular flexibility index (Phi) is 4.82. The van der Waals surface area contributed by atoms with Crippen molar-refractivity contribution in [2.24, 2.45) is 0 Å². The van der Waals surface area contributed by atoms with E-state index >= 15 is 0 Å². The first-order valence-corrected chi connectivity index (χ1v) is 7.84. The SMILES string of the molecule is COc1ccc(C(=O)NC2(CBr)CCCC2)cc1[N+](=O)[O-]. The molecule has 7 heteroatoms. The first-order valence-electron chi connectivity index (χ1n) is 6.72. The highest BCUT2D eigenvalue weighted by molar-refractivity contribution is 9.09. The lowest BCUT2D eigenvalue weighted by Gasteiger charge is -2.28. The number of amides is 1. The van der Waals surface area contributed by atoms with Gasteiger partial charge < -0.3 is 10.1 Å².